The molecule has 0 radical (unpaired) electrons. The Morgan fingerprint density at radius 2 is 1.92 bits per heavy atom. The number of hydrogen-bond donors (Lipinski definition) is 0. The fourth-order valence-electron chi connectivity index (χ4n) is 0.729. The molecular weight excluding hydrogens is 172 g/mol. The summed E-state index contributed by atoms with van der Waals surface area (Å²) in [6, 6.07) is 0. The third-order valence-electron chi connectivity index (χ3n) is 1.75. The van der Waals surface area contributed by atoms with Gasteiger partial charge in [0.2, 0.25) is 0 Å². The Hall–Kier alpha value is -0.610. The van der Waals surface area contributed by atoms with E-state index in [2.05, 4.69) is 4.74 Å². The van der Waals surface area contributed by atoms with Crippen molar-refractivity contribution in [1.29, 1.82) is 0 Å². The second-order valence-corrected chi connectivity index (χ2v) is 3.49. The van der Waals surface area contributed by atoms with Gasteiger partial charge in [-0.3, -0.25) is 4.79 Å². The van der Waals surface area contributed by atoms with E-state index < -0.39 is 5.41 Å². The molecule has 0 bridgehead atoms. The van der Waals surface area contributed by atoms with E-state index in [0.29, 0.717) is 0 Å². The van der Waals surface area contributed by atoms with Crippen LogP contribution in [0.4, 0.5) is 0 Å². The van der Waals surface area contributed by atoms with Gasteiger partial charge in [-0.2, -0.15) is 0 Å². The van der Waals surface area contributed by atoms with Crippen molar-refractivity contribution in [3.63, 3.8) is 0 Å². The van der Waals surface area contributed by atoms with Gasteiger partial charge in [0.25, 0.3) is 0 Å². The van der Waals surface area contributed by atoms with Crippen LogP contribution in [0.3, 0.4) is 0 Å². The first kappa shape index (κ1) is 12.4. The highest BCUT2D eigenvalue weighted by Gasteiger charge is 2.29. The van der Waals surface area contributed by atoms with Crippen LogP contribution in [0.25, 0.3) is 0 Å². The van der Waals surface area contributed by atoms with Gasteiger partial charge in [-0.25, -0.2) is 0 Å². The number of ether oxygens (including phenoxy) is 3. The third kappa shape index (κ3) is 4.24. The molecule has 78 valence electrons. The Morgan fingerprint density at radius 1 is 1.38 bits per heavy atom. The van der Waals surface area contributed by atoms with E-state index in [-0.39, 0.29) is 18.9 Å². The van der Waals surface area contributed by atoms with Gasteiger partial charge in [0.15, 0.2) is 6.29 Å². The lowest BCUT2D eigenvalue weighted by Crippen LogP contribution is -2.32. The highest BCUT2D eigenvalue weighted by atomic mass is 16.7. The summed E-state index contributed by atoms with van der Waals surface area (Å²) >= 11 is 0. The molecule has 0 fully saturated rings. The second-order valence-electron chi connectivity index (χ2n) is 3.49. The Labute approximate surface area is 79.2 Å². The van der Waals surface area contributed by atoms with Crippen LogP contribution in [0.5, 0.6) is 0 Å². The molecule has 0 aromatic heterocycles. The number of carbonyl (C=O) groups is 1. The molecule has 0 N–H and O–H groups in total. The van der Waals surface area contributed by atoms with Crippen LogP contribution < -0.4 is 0 Å². The molecule has 0 rings (SSSR count). The van der Waals surface area contributed by atoms with Crippen molar-refractivity contribution in [1.82, 2.24) is 0 Å². The largest absolute Gasteiger partial charge is 0.469 e. The summed E-state index contributed by atoms with van der Waals surface area (Å²) in [5, 5.41) is 0. The normalized spacial score (nSPS) is 13.9. The van der Waals surface area contributed by atoms with E-state index in [9.17, 15) is 4.79 Å². The fourth-order valence-corrected chi connectivity index (χ4v) is 0.729. The van der Waals surface area contributed by atoms with E-state index in [1.165, 1.54) is 7.11 Å². The van der Waals surface area contributed by atoms with E-state index in [0.717, 1.165) is 0 Å². The molecule has 0 aliphatic carbocycles. The van der Waals surface area contributed by atoms with Crippen LogP contribution in [0.2, 0.25) is 0 Å². The van der Waals surface area contributed by atoms with E-state index >= 15 is 0 Å². The minimum absolute atomic E-state index is 0.282. The third-order valence-corrected chi connectivity index (χ3v) is 1.75. The van der Waals surface area contributed by atoms with Gasteiger partial charge in [0.1, 0.15) is 0 Å². The molecule has 0 aromatic carbocycles. The fraction of sp³-hybridized carbons (Fsp3) is 0.889. The van der Waals surface area contributed by atoms with E-state index in [1.54, 1.807) is 27.9 Å². The van der Waals surface area contributed by atoms with E-state index in [1.807, 2.05) is 0 Å². The molecular formula is C9H18O4. The van der Waals surface area contributed by atoms with Crippen LogP contribution in [-0.4, -0.2) is 33.1 Å². The standard InChI is InChI=1S/C9H18O4/c1-7(11-4)13-6-9(2,3)8(10)12-5/h7H,6H2,1-5H3. The predicted octanol–water partition coefficient (Wildman–Crippen LogP) is 1.19. The lowest BCUT2D eigenvalue weighted by molar-refractivity contribution is -0.165. The first-order valence-corrected chi connectivity index (χ1v) is 4.17. The Kier molecular flexibility index (Phi) is 4.95. The molecule has 4 heteroatoms. The topological polar surface area (TPSA) is 44.8 Å². The van der Waals surface area contributed by atoms with Crippen molar-refractivity contribution < 1.29 is 19.0 Å². The number of methoxy groups -OCH3 is 2. The highest BCUT2D eigenvalue weighted by Crippen LogP contribution is 2.18. The van der Waals surface area contributed by atoms with Crippen molar-refractivity contribution in [2.45, 2.75) is 27.1 Å². The highest BCUT2D eigenvalue weighted by molar-refractivity contribution is 5.75. The number of carbonyl (C=O) groups excluding carboxylic acids is 1. The summed E-state index contributed by atoms with van der Waals surface area (Å²) in [4.78, 5) is 11.2. The lowest BCUT2D eigenvalue weighted by Gasteiger charge is -2.23. The summed E-state index contributed by atoms with van der Waals surface area (Å²) in [7, 11) is 2.92. The van der Waals surface area contributed by atoms with Crippen molar-refractivity contribution in [3.8, 4) is 0 Å². The first-order chi connectivity index (χ1) is 5.94. The summed E-state index contributed by atoms with van der Waals surface area (Å²) in [6.07, 6.45) is -0.302. The SMILES string of the molecule is COC(=O)C(C)(C)COC(C)OC. The smallest absolute Gasteiger partial charge is 0.313 e. The van der Waals surface area contributed by atoms with Crippen LogP contribution in [0.1, 0.15) is 20.8 Å². The Balaban J connectivity index is 3.95. The maximum Gasteiger partial charge on any atom is 0.313 e. The monoisotopic (exact) mass is 190 g/mol. The average Bonchev–Trinajstić information content (AvgIpc) is 2.12. The van der Waals surface area contributed by atoms with Gasteiger partial charge >= 0.3 is 5.97 Å². The maximum absolute atomic E-state index is 11.2. The molecule has 13 heavy (non-hydrogen) atoms. The molecule has 4 nitrogen and oxygen atoms in total. The van der Waals surface area contributed by atoms with Gasteiger partial charge in [0, 0.05) is 7.11 Å². The number of hydrogen-bond acceptors (Lipinski definition) is 4. The summed E-state index contributed by atoms with van der Waals surface area (Å²) < 4.78 is 14.8. The number of esters is 1. The van der Waals surface area contributed by atoms with Crippen LogP contribution in [0, 0.1) is 5.41 Å². The minimum atomic E-state index is -0.623. The first-order valence-electron chi connectivity index (χ1n) is 4.17. The minimum Gasteiger partial charge on any atom is -0.469 e. The van der Waals surface area contributed by atoms with Gasteiger partial charge in [-0.05, 0) is 20.8 Å². The molecule has 0 aromatic rings. The van der Waals surface area contributed by atoms with Crippen molar-refractivity contribution in [3.05, 3.63) is 0 Å². The molecule has 0 aliphatic rings. The predicted molar refractivity (Wildman–Crippen MR) is 48.2 cm³/mol. The summed E-state index contributed by atoms with van der Waals surface area (Å²) in [5.41, 5.74) is -0.623. The molecule has 0 saturated heterocycles. The Morgan fingerprint density at radius 3 is 2.31 bits per heavy atom. The molecule has 1 atom stereocenters. The molecule has 0 spiro atoms. The van der Waals surface area contributed by atoms with Crippen molar-refractivity contribution >= 4 is 5.97 Å². The summed E-state index contributed by atoms with van der Waals surface area (Å²) in [5.74, 6) is -0.282. The van der Waals surface area contributed by atoms with Gasteiger partial charge in [0.05, 0.1) is 19.1 Å². The van der Waals surface area contributed by atoms with Gasteiger partial charge in [-0.15, -0.1) is 0 Å². The zero-order valence-electron chi connectivity index (χ0n) is 8.92. The zero-order valence-corrected chi connectivity index (χ0v) is 8.92. The molecule has 0 saturated carbocycles. The van der Waals surface area contributed by atoms with Crippen LogP contribution in [-0.2, 0) is 19.0 Å². The number of rotatable bonds is 5. The second kappa shape index (κ2) is 5.19. The zero-order chi connectivity index (χ0) is 10.5. The van der Waals surface area contributed by atoms with Crippen molar-refractivity contribution in [2.24, 2.45) is 5.41 Å². The average molecular weight is 190 g/mol. The van der Waals surface area contributed by atoms with Crippen molar-refractivity contribution in [2.75, 3.05) is 20.8 Å². The Bertz CT molecular complexity index is 165. The maximum atomic E-state index is 11.2. The molecule has 1 unspecified atom stereocenters. The van der Waals surface area contributed by atoms with Gasteiger partial charge in [-0.1, -0.05) is 0 Å². The van der Waals surface area contributed by atoms with Gasteiger partial charge < -0.3 is 14.2 Å². The van der Waals surface area contributed by atoms with Crippen LogP contribution >= 0.6 is 0 Å². The van der Waals surface area contributed by atoms with Crippen LogP contribution in [0.15, 0.2) is 0 Å². The lowest BCUT2D eigenvalue weighted by atomic mass is 9.95. The molecule has 0 aliphatic heterocycles. The quantitative estimate of drug-likeness (QED) is 0.482. The molecule has 0 amide bonds. The summed E-state index contributed by atoms with van der Waals surface area (Å²) in [6.45, 7) is 5.59. The van der Waals surface area contributed by atoms with E-state index in [4.69, 9.17) is 9.47 Å². The molecule has 0 heterocycles.